The van der Waals surface area contributed by atoms with Crippen molar-refractivity contribution in [3.8, 4) is 0 Å². The number of hydrogen-bond acceptors (Lipinski definition) is 3. The molecule has 0 radical (unpaired) electrons. The monoisotopic (exact) mass is 254 g/mol. The maximum absolute atomic E-state index is 7.45. The number of anilines is 1. The fraction of sp³-hybridized carbons (Fsp3) is 0.200. The van der Waals surface area contributed by atoms with Crippen molar-refractivity contribution >= 4 is 11.7 Å². The molecule has 2 aromatic rings. The van der Waals surface area contributed by atoms with Crippen LogP contribution in [0.3, 0.4) is 0 Å². The van der Waals surface area contributed by atoms with Crippen molar-refractivity contribution in [1.82, 2.24) is 4.98 Å². The predicted molar refractivity (Wildman–Crippen MR) is 78.4 cm³/mol. The summed E-state index contributed by atoms with van der Waals surface area (Å²) in [6, 6.07) is 15.8. The van der Waals surface area contributed by atoms with E-state index in [0.29, 0.717) is 5.69 Å². The van der Waals surface area contributed by atoms with E-state index in [1.54, 1.807) is 6.07 Å². The molecule has 0 aliphatic rings. The van der Waals surface area contributed by atoms with Crippen LogP contribution in [-0.4, -0.2) is 17.4 Å². The van der Waals surface area contributed by atoms with Crippen LogP contribution in [0, 0.1) is 5.41 Å². The van der Waals surface area contributed by atoms with Crippen LogP contribution in [0.2, 0.25) is 0 Å². The predicted octanol–water partition coefficient (Wildman–Crippen LogP) is 2.39. The van der Waals surface area contributed by atoms with E-state index in [2.05, 4.69) is 28.9 Å². The normalized spacial score (nSPS) is 10.2. The third kappa shape index (κ3) is 3.31. The highest BCUT2D eigenvalue weighted by molar-refractivity contribution is 5.93. The van der Waals surface area contributed by atoms with Crippen LogP contribution in [0.1, 0.15) is 18.2 Å². The topological polar surface area (TPSA) is 66.0 Å². The molecular weight excluding hydrogens is 236 g/mol. The van der Waals surface area contributed by atoms with Crippen molar-refractivity contribution in [3.63, 3.8) is 0 Å². The molecule has 0 fully saturated rings. The van der Waals surface area contributed by atoms with Gasteiger partial charge in [0, 0.05) is 13.1 Å². The molecule has 0 aliphatic carbocycles. The zero-order valence-corrected chi connectivity index (χ0v) is 11.0. The smallest absolute Gasteiger partial charge is 0.141 e. The van der Waals surface area contributed by atoms with Gasteiger partial charge in [0.15, 0.2) is 0 Å². The summed E-state index contributed by atoms with van der Waals surface area (Å²) in [6.07, 6.45) is 0. The first-order valence-corrected chi connectivity index (χ1v) is 6.31. The number of hydrogen-bond donors (Lipinski definition) is 2. The Morgan fingerprint density at radius 2 is 1.89 bits per heavy atom. The lowest BCUT2D eigenvalue weighted by molar-refractivity contribution is 0.813. The molecule has 0 aliphatic heterocycles. The zero-order chi connectivity index (χ0) is 13.7. The van der Waals surface area contributed by atoms with Gasteiger partial charge < -0.3 is 10.6 Å². The van der Waals surface area contributed by atoms with E-state index in [1.165, 1.54) is 5.56 Å². The Hall–Kier alpha value is -2.36. The van der Waals surface area contributed by atoms with Gasteiger partial charge in [0.05, 0.1) is 0 Å². The van der Waals surface area contributed by atoms with E-state index < -0.39 is 0 Å². The van der Waals surface area contributed by atoms with Gasteiger partial charge in [-0.05, 0) is 24.6 Å². The van der Waals surface area contributed by atoms with Crippen molar-refractivity contribution in [2.24, 2.45) is 5.73 Å². The summed E-state index contributed by atoms with van der Waals surface area (Å²) >= 11 is 0. The first kappa shape index (κ1) is 13.1. The number of nitrogens with zero attached hydrogens (tertiary/aromatic N) is 2. The first-order valence-electron chi connectivity index (χ1n) is 6.31. The van der Waals surface area contributed by atoms with E-state index in [4.69, 9.17) is 11.1 Å². The molecule has 4 nitrogen and oxygen atoms in total. The van der Waals surface area contributed by atoms with Gasteiger partial charge in [0.25, 0.3) is 0 Å². The molecule has 0 bridgehead atoms. The number of pyridine rings is 1. The van der Waals surface area contributed by atoms with Gasteiger partial charge in [-0.1, -0.05) is 36.4 Å². The minimum atomic E-state index is -0.00221. The molecule has 2 rings (SSSR count). The van der Waals surface area contributed by atoms with E-state index >= 15 is 0 Å². The molecule has 98 valence electrons. The number of benzene rings is 1. The second kappa shape index (κ2) is 6.00. The summed E-state index contributed by atoms with van der Waals surface area (Å²) in [4.78, 5) is 6.57. The molecule has 0 saturated heterocycles. The summed E-state index contributed by atoms with van der Waals surface area (Å²) in [5, 5.41) is 7.45. The summed E-state index contributed by atoms with van der Waals surface area (Å²) < 4.78 is 0. The number of nitrogens with one attached hydrogen (secondary N) is 1. The number of rotatable bonds is 5. The SMILES string of the molecule is CCN(Cc1ccccc1)c1cccc(C(=N)N)n1. The van der Waals surface area contributed by atoms with Crippen LogP contribution in [0.5, 0.6) is 0 Å². The third-order valence-corrected chi connectivity index (χ3v) is 2.93. The fourth-order valence-electron chi connectivity index (χ4n) is 1.91. The van der Waals surface area contributed by atoms with Crippen molar-refractivity contribution < 1.29 is 0 Å². The van der Waals surface area contributed by atoms with Crippen molar-refractivity contribution in [2.45, 2.75) is 13.5 Å². The van der Waals surface area contributed by atoms with E-state index in [-0.39, 0.29) is 5.84 Å². The number of aromatic nitrogens is 1. The Balaban J connectivity index is 2.22. The summed E-state index contributed by atoms with van der Waals surface area (Å²) in [5.74, 6) is 0.844. The molecule has 1 aromatic heterocycles. The summed E-state index contributed by atoms with van der Waals surface area (Å²) in [7, 11) is 0. The fourth-order valence-corrected chi connectivity index (χ4v) is 1.91. The van der Waals surface area contributed by atoms with Crippen LogP contribution in [0.15, 0.2) is 48.5 Å². The maximum Gasteiger partial charge on any atom is 0.141 e. The van der Waals surface area contributed by atoms with Crippen LogP contribution in [0.25, 0.3) is 0 Å². The minimum absolute atomic E-state index is 0.00221. The largest absolute Gasteiger partial charge is 0.382 e. The van der Waals surface area contributed by atoms with Gasteiger partial charge in [0.2, 0.25) is 0 Å². The van der Waals surface area contributed by atoms with Crippen LogP contribution in [0.4, 0.5) is 5.82 Å². The van der Waals surface area contributed by atoms with Crippen LogP contribution < -0.4 is 10.6 Å². The number of nitrogens with two attached hydrogens (primary N) is 1. The van der Waals surface area contributed by atoms with Gasteiger partial charge >= 0.3 is 0 Å². The Kier molecular flexibility index (Phi) is 4.13. The van der Waals surface area contributed by atoms with Crippen molar-refractivity contribution in [1.29, 1.82) is 5.41 Å². The lowest BCUT2D eigenvalue weighted by Crippen LogP contribution is -2.24. The zero-order valence-electron chi connectivity index (χ0n) is 11.0. The van der Waals surface area contributed by atoms with Crippen LogP contribution >= 0.6 is 0 Å². The number of amidine groups is 1. The van der Waals surface area contributed by atoms with Crippen LogP contribution in [-0.2, 0) is 6.54 Å². The number of nitrogen functional groups attached to an aromatic ring is 1. The highest BCUT2D eigenvalue weighted by atomic mass is 15.2. The average molecular weight is 254 g/mol. The highest BCUT2D eigenvalue weighted by Gasteiger charge is 2.08. The highest BCUT2D eigenvalue weighted by Crippen LogP contribution is 2.14. The Morgan fingerprint density at radius 3 is 2.53 bits per heavy atom. The summed E-state index contributed by atoms with van der Waals surface area (Å²) in [5.41, 5.74) is 7.23. The van der Waals surface area contributed by atoms with Gasteiger partial charge in [-0.2, -0.15) is 0 Å². The molecule has 0 spiro atoms. The molecular formula is C15H18N4. The van der Waals surface area contributed by atoms with E-state index in [1.807, 2.05) is 30.3 Å². The first-order chi connectivity index (χ1) is 9.20. The molecule has 0 unspecified atom stereocenters. The van der Waals surface area contributed by atoms with Gasteiger partial charge in [0.1, 0.15) is 17.3 Å². The molecule has 0 atom stereocenters. The van der Waals surface area contributed by atoms with Gasteiger partial charge in [-0.3, -0.25) is 5.41 Å². The van der Waals surface area contributed by atoms with Crippen molar-refractivity contribution in [2.75, 3.05) is 11.4 Å². The molecule has 4 heteroatoms. The summed E-state index contributed by atoms with van der Waals surface area (Å²) in [6.45, 7) is 3.74. The molecule has 1 heterocycles. The molecule has 3 N–H and O–H groups in total. The lowest BCUT2D eigenvalue weighted by atomic mass is 10.2. The molecule has 1 aromatic carbocycles. The lowest BCUT2D eigenvalue weighted by Gasteiger charge is -2.22. The second-order valence-electron chi connectivity index (χ2n) is 4.29. The second-order valence-corrected chi connectivity index (χ2v) is 4.29. The molecule has 0 amide bonds. The Bertz CT molecular complexity index is 551. The minimum Gasteiger partial charge on any atom is -0.382 e. The Labute approximate surface area is 113 Å². The molecule has 19 heavy (non-hydrogen) atoms. The van der Waals surface area contributed by atoms with Gasteiger partial charge in [-0.15, -0.1) is 0 Å². The average Bonchev–Trinajstić information content (AvgIpc) is 2.46. The van der Waals surface area contributed by atoms with Crippen molar-refractivity contribution in [3.05, 3.63) is 59.8 Å². The Morgan fingerprint density at radius 1 is 1.16 bits per heavy atom. The molecule has 0 saturated carbocycles. The maximum atomic E-state index is 7.45. The van der Waals surface area contributed by atoms with E-state index in [9.17, 15) is 0 Å². The standard InChI is InChI=1S/C15H18N4/c1-2-19(11-12-7-4-3-5-8-12)14-10-6-9-13(18-14)15(16)17/h3-10H,2,11H2,1H3,(H3,16,17). The van der Waals surface area contributed by atoms with E-state index in [0.717, 1.165) is 18.9 Å². The van der Waals surface area contributed by atoms with Gasteiger partial charge in [-0.25, -0.2) is 4.98 Å². The quantitative estimate of drug-likeness (QED) is 0.636. The third-order valence-electron chi connectivity index (χ3n) is 2.93.